The highest BCUT2D eigenvalue weighted by molar-refractivity contribution is 5.82. The summed E-state index contributed by atoms with van der Waals surface area (Å²) in [7, 11) is 0. The maximum absolute atomic E-state index is 12.5. The summed E-state index contributed by atoms with van der Waals surface area (Å²) in [5.74, 6) is -1.17. The minimum Gasteiger partial charge on any atom is -0.367 e. The zero-order valence-electron chi connectivity index (χ0n) is 9.32. The Labute approximate surface area is 97.6 Å². The van der Waals surface area contributed by atoms with Crippen LogP contribution in [0, 0.1) is 0 Å². The van der Waals surface area contributed by atoms with E-state index in [0.29, 0.717) is 0 Å². The zero-order valence-corrected chi connectivity index (χ0v) is 9.32. The molecule has 1 aliphatic heterocycles. The second kappa shape index (κ2) is 3.73. The molecule has 0 spiro atoms. The van der Waals surface area contributed by atoms with Gasteiger partial charge < -0.3 is 5.73 Å². The third-order valence-electron chi connectivity index (χ3n) is 2.56. The summed E-state index contributed by atoms with van der Waals surface area (Å²) in [6.07, 6.45) is -11.1. The Bertz CT molecular complexity index is 348. The zero-order chi connectivity index (χ0) is 14.6. The molecule has 1 heterocycles. The van der Waals surface area contributed by atoms with Gasteiger partial charge in [-0.15, -0.1) is 0 Å². The van der Waals surface area contributed by atoms with E-state index in [2.05, 4.69) is 4.84 Å². The van der Waals surface area contributed by atoms with Crippen LogP contribution in [0.25, 0.3) is 0 Å². The number of halogens is 6. The number of carbonyl (C=O) groups excluding carboxylic acids is 1. The minimum atomic E-state index is -5.56. The van der Waals surface area contributed by atoms with Gasteiger partial charge in [0.15, 0.2) is 5.60 Å². The number of nitrogens with zero attached hydrogens (tertiary/aromatic N) is 1. The predicted octanol–water partition coefficient (Wildman–Crippen LogP) is 1.36. The van der Waals surface area contributed by atoms with Crippen molar-refractivity contribution >= 4 is 5.91 Å². The van der Waals surface area contributed by atoms with Crippen LogP contribution in [0.15, 0.2) is 0 Å². The van der Waals surface area contributed by atoms with E-state index in [1.165, 1.54) is 0 Å². The van der Waals surface area contributed by atoms with Crippen molar-refractivity contribution in [2.24, 2.45) is 5.73 Å². The first kappa shape index (κ1) is 15.0. The summed E-state index contributed by atoms with van der Waals surface area (Å²) >= 11 is 0. The minimum absolute atomic E-state index is 0.322. The van der Waals surface area contributed by atoms with E-state index in [1.807, 2.05) is 0 Å². The summed E-state index contributed by atoms with van der Waals surface area (Å²) in [6.45, 7) is 0.535. The number of amides is 1. The van der Waals surface area contributed by atoms with Gasteiger partial charge in [0.2, 0.25) is 0 Å². The van der Waals surface area contributed by atoms with E-state index in [9.17, 15) is 31.1 Å². The van der Waals surface area contributed by atoms with Crippen molar-refractivity contribution in [3.63, 3.8) is 0 Å². The van der Waals surface area contributed by atoms with Gasteiger partial charge >= 0.3 is 12.4 Å². The molecule has 2 N–H and O–H groups in total. The molecule has 1 aliphatic rings. The van der Waals surface area contributed by atoms with E-state index in [-0.39, 0.29) is 5.06 Å². The van der Waals surface area contributed by atoms with Gasteiger partial charge in [0.1, 0.15) is 0 Å². The lowest BCUT2D eigenvalue weighted by atomic mass is 10.1. The van der Waals surface area contributed by atoms with Crippen LogP contribution in [0.4, 0.5) is 26.3 Å². The SMILES string of the molecule is CC(C)(ON1CC1(C(F)(F)F)C(F)(F)F)C(N)=O. The van der Waals surface area contributed by atoms with Gasteiger partial charge in [0.05, 0.1) is 6.54 Å². The normalized spacial score (nSPS) is 23.9. The molecule has 1 amide bonds. The highest BCUT2D eigenvalue weighted by Gasteiger charge is 2.85. The van der Waals surface area contributed by atoms with Gasteiger partial charge in [-0.25, -0.2) is 0 Å². The van der Waals surface area contributed by atoms with Gasteiger partial charge in [-0.1, -0.05) is 0 Å². The molecule has 18 heavy (non-hydrogen) atoms. The molecular weight excluding hydrogens is 270 g/mol. The molecule has 0 saturated carbocycles. The maximum atomic E-state index is 12.5. The third kappa shape index (κ3) is 2.14. The average molecular weight is 280 g/mol. The monoisotopic (exact) mass is 280 g/mol. The van der Waals surface area contributed by atoms with Crippen LogP contribution in [0.1, 0.15) is 13.8 Å². The van der Waals surface area contributed by atoms with Crippen LogP contribution in [0.5, 0.6) is 0 Å². The number of primary amides is 1. The van der Waals surface area contributed by atoms with Crippen molar-refractivity contribution < 1.29 is 36.0 Å². The van der Waals surface area contributed by atoms with Gasteiger partial charge in [0.25, 0.3) is 11.4 Å². The lowest BCUT2D eigenvalue weighted by molar-refractivity contribution is -0.317. The van der Waals surface area contributed by atoms with Crippen molar-refractivity contribution in [1.82, 2.24) is 5.06 Å². The van der Waals surface area contributed by atoms with Gasteiger partial charge in [0, 0.05) is 0 Å². The molecule has 0 aromatic carbocycles. The molecule has 0 aliphatic carbocycles. The predicted molar refractivity (Wildman–Crippen MR) is 45.9 cm³/mol. The molecule has 0 bridgehead atoms. The maximum Gasteiger partial charge on any atom is 0.419 e. The van der Waals surface area contributed by atoms with E-state index < -0.39 is 35.9 Å². The van der Waals surface area contributed by atoms with E-state index >= 15 is 0 Å². The third-order valence-corrected chi connectivity index (χ3v) is 2.56. The van der Waals surface area contributed by atoms with Gasteiger partial charge in [-0.2, -0.15) is 31.4 Å². The lowest BCUT2D eigenvalue weighted by Gasteiger charge is -2.27. The summed E-state index contributed by atoms with van der Waals surface area (Å²) in [6, 6.07) is 0. The summed E-state index contributed by atoms with van der Waals surface area (Å²) in [5.41, 5.74) is -1.22. The highest BCUT2D eigenvalue weighted by atomic mass is 19.4. The molecule has 0 aromatic heterocycles. The Morgan fingerprint density at radius 2 is 1.56 bits per heavy atom. The molecule has 4 nitrogen and oxygen atoms in total. The number of nitrogens with two attached hydrogens (primary N) is 1. The first-order chi connectivity index (χ1) is 7.76. The van der Waals surface area contributed by atoms with Crippen LogP contribution in [0.3, 0.4) is 0 Å². The van der Waals surface area contributed by atoms with E-state index in [0.717, 1.165) is 13.8 Å². The van der Waals surface area contributed by atoms with Gasteiger partial charge in [-0.05, 0) is 13.8 Å². The summed E-state index contributed by atoms with van der Waals surface area (Å²) in [4.78, 5) is 15.2. The molecule has 0 radical (unpaired) electrons. The van der Waals surface area contributed by atoms with Crippen molar-refractivity contribution in [2.75, 3.05) is 6.54 Å². The largest absolute Gasteiger partial charge is 0.419 e. The molecule has 1 rings (SSSR count). The fourth-order valence-corrected chi connectivity index (χ4v) is 1.23. The number of carbonyl (C=O) groups is 1. The number of rotatable bonds is 3. The Kier molecular flexibility index (Phi) is 3.12. The standard InChI is InChI=1S/C8H10F6N2O2/c1-5(2,4(15)17)18-16-3-6(16,7(9,10)11)8(12,13)14/h3H2,1-2H3,(H2,15,17). The number of hydrogen-bond acceptors (Lipinski definition) is 3. The van der Waals surface area contributed by atoms with Crippen molar-refractivity contribution in [2.45, 2.75) is 37.3 Å². The Morgan fingerprint density at radius 1 is 1.17 bits per heavy atom. The summed E-state index contributed by atoms with van der Waals surface area (Å²) in [5, 5.41) is -0.322. The molecular formula is C8H10F6N2O2. The van der Waals surface area contributed by atoms with E-state index in [1.54, 1.807) is 0 Å². The van der Waals surface area contributed by atoms with Crippen molar-refractivity contribution in [1.29, 1.82) is 0 Å². The first-order valence-corrected chi connectivity index (χ1v) is 4.66. The second-order valence-corrected chi connectivity index (χ2v) is 4.36. The molecule has 1 fully saturated rings. The fourth-order valence-electron chi connectivity index (χ4n) is 1.23. The first-order valence-electron chi connectivity index (χ1n) is 4.66. The average Bonchev–Trinajstić information content (AvgIpc) is 2.76. The Morgan fingerprint density at radius 3 is 1.78 bits per heavy atom. The van der Waals surface area contributed by atoms with Crippen LogP contribution in [-0.4, -0.2) is 41.0 Å². The van der Waals surface area contributed by atoms with Gasteiger partial charge in [-0.3, -0.25) is 9.63 Å². The Hall–Kier alpha value is -1.03. The molecule has 1 unspecified atom stereocenters. The number of alkyl halides is 6. The lowest BCUT2D eigenvalue weighted by Crippen LogP contribution is -2.52. The second-order valence-electron chi connectivity index (χ2n) is 4.36. The molecule has 1 saturated heterocycles. The Balaban J connectivity index is 2.95. The van der Waals surface area contributed by atoms with E-state index in [4.69, 9.17) is 5.73 Å². The van der Waals surface area contributed by atoms with Crippen molar-refractivity contribution in [3.8, 4) is 0 Å². The number of hydrogen-bond donors (Lipinski definition) is 1. The molecule has 1 atom stereocenters. The van der Waals surface area contributed by atoms with Crippen LogP contribution in [0.2, 0.25) is 0 Å². The van der Waals surface area contributed by atoms with Crippen LogP contribution < -0.4 is 5.73 Å². The quantitative estimate of drug-likeness (QED) is 0.627. The number of hydroxylamine groups is 2. The topological polar surface area (TPSA) is 55.3 Å². The highest BCUT2D eigenvalue weighted by Crippen LogP contribution is 2.56. The molecule has 10 heteroatoms. The van der Waals surface area contributed by atoms with Crippen molar-refractivity contribution in [3.05, 3.63) is 0 Å². The molecule has 106 valence electrons. The summed E-state index contributed by atoms with van der Waals surface area (Å²) < 4.78 is 74.8. The smallest absolute Gasteiger partial charge is 0.367 e. The van der Waals surface area contributed by atoms with Crippen LogP contribution in [-0.2, 0) is 9.63 Å². The fraction of sp³-hybridized carbons (Fsp3) is 0.875. The van der Waals surface area contributed by atoms with Crippen LogP contribution >= 0.6 is 0 Å². The molecule has 0 aromatic rings.